The fourth-order valence-corrected chi connectivity index (χ4v) is 2.69. The number of carbonyl (C=O) groups excluding carboxylic acids is 1. The van der Waals surface area contributed by atoms with Gasteiger partial charge >= 0.3 is 11.4 Å². The van der Waals surface area contributed by atoms with Crippen LogP contribution in [0.25, 0.3) is 5.78 Å². The molecule has 0 saturated heterocycles. The molecule has 7 nitrogen and oxygen atoms in total. The molecule has 1 atom stereocenters. The lowest BCUT2D eigenvalue weighted by Crippen LogP contribution is -2.34. The number of carbonyl (C=O) groups is 1. The van der Waals surface area contributed by atoms with E-state index in [-0.39, 0.29) is 11.6 Å². The number of nitrogens with one attached hydrogen (secondary N) is 1. The Hall–Kier alpha value is -2.48. The molecule has 3 aromatic rings. The fraction of sp³-hybridized carbons (Fsp3) is 0.200. The minimum Gasteiger partial charge on any atom is -0.293 e. The second-order valence-corrected chi connectivity index (χ2v) is 6.12. The molecule has 3 rings (SSSR count). The first-order chi connectivity index (χ1) is 10.9. The minimum atomic E-state index is -0.606. The Morgan fingerprint density at radius 1 is 1.22 bits per heavy atom. The number of nitrogens with zero attached hydrogens (tertiary/aromatic N) is 3. The average Bonchev–Trinajstić information content (AvgIpc) is 2.97. The van der Waals surface area contributed by atoms with Gasteiger partial charge in [-0.25, -0.2) is 19.0 Å². The number of rotatable bonds is 3. The first-order valence-corrected chi connectivity index (χ1v) is 7.66. The van der Waals surface area contributed by atoms with Gasteiger partial charge in [0.15, 0.2) is 5.78 Å². The smallest absolute Gasteiger partial charge is 0.293 e. The molecule has 118 valence electrons. The van der Waals surface area contributed by atoms with Gasteiger partial charge in [0.1, 0.15) is 0 Å². The highest BCUT2D eigenvalue weighted by Crippen LogP contribution is 2.21. The summed E-state index contributed by atoms with van der Waals surface area (Å²) >= 11 is 3.32. The SMILES string of the molecule is CC(C(=O)c1ccc(Br)cc1)c1cnc2n(C)c(=O)[nH]c(=O)n12. The molecule has 0 fully saturated rings. The van der Waals surface area contributed by atoms with Gasteiger partial charge in [-0.1, -0.05) is 28.1 Å². The zero-order valence-corrected chi connectivity index (χ0v) is 14.0. The van der Waals surface area contributed by atoms with Crippen molar-refractivity contribution in [3.63, 3.8) is 0 Å². The molecule has 1 N–H and O–H groups in total. The first-order valence-electron chi connectivity index (χ1n) is 6.86. The van der Waals surface area contributed by atoms with E-state index in [0.29, 0.717) is 11.3 Å². The molecule has 0 spiro atoms. The zero-order chi connectivity index (χ0) is 16.7. The van der Waals surface area contributed by atoms with Crippen molar-refractivity contribution < 1.29 is 4.79 Å². The summed E-state index contributed by atoms with van der Waals surface area (Å²) in [5.74, 6) is -0.512. The molecule has 1 unspecified atom stereocenters. The highest BCUT2D eigenvalue weighted by Gasteiger charge is 2.22. The number of fused-ring (bicyclic) bond motifs is 1. The van der Waals surface area contributed by atoms with Gasteiger partial charge in [-0.05, 0) is 19.1 Å². The lowest BCUT2D eigenvalue weighted by molar-refractivity contribution is 0.0964. The lowest BCUT2D eigenvalue weighted by atomic mass is 9.97. The predicted molar refractivity (Wildman–Crippen MR) is 87.9 cm³/mol. The predicted octanol–water partition coefficient (Wildman–Crippen LogP) is 1.47. The lowest BCUT2D eigenvalue weighted by Gasteiger charge is -2.10. The summed E-state index contributed by atoms with van der Waals surface area (Å²) < 4.78 is 3.35. The number of hydrogen-bond acceptors (Lipinski definition) is 4. The molecule has 8 heteroatoms. The van der Waals surface area contributed by atoms with Crippen LogP contribution in [0.5, 0.6) is 0 Å². The summed E-state index contributed by atoms with van der Waals surface area (Å²) in [6.45, 7) is 1.71. The first kappa shape index (κ1) is 15.4. The number of Topliss-reactive ketones (excluding diaryl/α,β-unsaturated/α-hetero) is 1. The monoisotopic (exact) mass is 376 g/mol. The normalized spacial score (nSPS) is 12.5. The molecule has 2 heterocycles. The Kier molecular flexibility index (Phi) is 3.77. The van der Waals surface area contributed by atoms with Crippen molar-refractivity contribution in [3.8, 4) is 0 Å². The Bertz CT molecular complexity index is 1010. The van der Waals surface area contributed by atoms with Crippen molar-refractivity contribution in [1.82, 2.24) is 18.9 Å². The van der Waals surface area contributed by atoms with Crippen LogP contribution < -0.4 is 11.4 Å². The Labute approximate surface area is 138 Å². The van der Waals surface area contributed by atoms with Crippen molar-refractivity contribution in [1.29, 1.82) is 0 Å². The van der Waals surface area contributed by atoms with E-state index in [0.717, 1.165) is 4.47 Å². The molecular formula is C15H13BrN4O3. The van der Waals surface area contributed by atoms with Crippen LogP contribution in [-0.2, 0) is 7.05 Å². The van der Waals surface area contributed by atoms with E-state index >= 15 is 0 Å². The van der Waals surface area contributed by atoms with E-state index in [4.69, 9.17) is 0 Å². The Morgan fingerprint density at radius 3 is 2.52 bits per heavy atom. The van der Waals surface area contributed by atoms with E-state index in [1.165, 1.54) is 22.2 Å². The van der Waals surface area contributed by atoms with E-state index in [9.17, 15) is 14.4 Å². The number of aromatic nitrogens is 4. The van der Waals surface area contributed by atoms with Gasteiger partial charge in [-0.2, -0.15) is 0 Å². The van der Waals surface area contributed by atoms with Crippen LogP contribution in [0.15, 0.2) is 44.5 Å². The number of H-pyrrole nitrogens is 1. The van der Waals surface area contributed by atoms with E-state index < -0.39 is 17.3 Å². The summed E-state index contributed by atoms with van der Waals surface area (Å²) in [4.78, 5) is 42.6. The van der Waals surface area contributed by atoms with Crippen LogP contribution in [0.2, 0.25) is 0 Å². The van der Waals surface area contributed by atoms with Gasteiger partial charge in [0.25, 0.3) is 0 Å². The third-order valence-electron chi connectivity index (χ3n) is 3.76. The molecule has 0 amide bonds. The van der Waals surface area contributed by atoms with Gasteiger partial charge in [-0.3, -0.25) is 14.3 Å². The number of aromatic amines is 1. The minimum absolute atomic E-state index is 0.132. The van der Waals surface area contributed by atoms with Gasteiger partial charge in [0.2, 0.25) is 5.78 Å². The third-order valence-corrected chi connectivity index (χ3v) is 4.29. The molecule has 0 aliphatic heterocycles. The van der Waals surface area contributed by atoms with Crippen molar-refractivity contribution in [2.75, 3.05) is 0 Å². The molecule has 0 radical (unpaired) electrons. The number of halogens is 1. The number of hydrogen-bond donors (Lipinski definition) is 1. The second-order valence-electron chi connectivity index (χ2n) is 5.21. The molecule has 0 bridgehead atoms. The quantitative estimate of drug-likeness (QED) is 0.700. The highest BCUT2D eigenvalue weighted by atomic mass is 79.9. The van der Waals surface area contributed by atoms with Gasteiger partial charge < -0.3 is 0 Å². The standard InChI is InChI=1S/C15H13BrN4O3/c1-8(12(21)9-3-5-10(16)6-4-9)11-7-17-13-19(2)14(22)18-15(23)20(11)13/h3-8H,1-2H3,(H,18,22,23). The molecule has 1 aromatic carbocycles. The Balaban J connectivity index is 2.11. The second kappa shape index (κ2) is 5.62. The van der Waals surface area contributed by atoms with Crippen LogP contribution in [0, 0.1) is 0 Å². The summed E-state index contributed by atoms with van der Waals surface area (Å²) in [6.07, 6.45) is 1.45. The van der Waals surface area contributed by atoms with Gasteiger partial charge in [0.05, 0.1) is 17.8 Å². The van der Waals surface area contributed by atoms with Crippen molar-refractivity contribution >= 4 is 27.5 Å². The van der Waals surface area contributed by atoms with Crippen LogP contribution in [0.4, 0.5) is 0 Å². The zero-order valence-electron chi connectivity index (χ0n) is 12.4. The van der Waals surface area contributed by atoms with Gasteiger partial charge in [0, 0.05) is 17.1 Å². The van der Waals surface area contributed by atoms with Crippen LogP contribution in [-0.4, -0.2) is 24.7 Å². The fourth-order valence-electron chi connectivity index (χ4n) is 2.43. The molecule has 0 saturated carbocycles. The average molecular weight is 377 g/mol. The topological polar surface area (TPSA) is 89.2 Å². The molecule has 2 aromatic heterocycles. The number of benzene rings is 1. The maximum absolute atomic E-state index is 12.6. The molecule has 23 heavy (non-hydrogen) atoms. The molecular weight excluding hydrogens is 364 g/mol. The summed E-state index contributed by atoms with van der Waals surface area (Å²) in [7, 11) is 1.51. The van der Waals surface area contributed by atoms with Crippen LogP contribution in [0.3, 0.4) is 0 Å². The third kappa shape index (κ3) is 2.55. The summed E-state index contributed by atoms with van der Waals surface area (Å²) in [5.41, 5.74) is -0.181. The van der Waals surface area contributed by atoms with E-state index in [1.807, 2.05) is 0 Å². The molecule has 0 aliphatic carbocycles. The van der Waals surface area contributed by atoms with Gasteiger partial charge in [-0.15, -0.1) is 0 Å². The number of ketones is 1. The summed E-state index contributed by atoms with van der Waals surface area (Å²) in [6, 6.07) is 6.99. The maximum Gasteiger partial charge on any atom is 0.336 e. The van der Waals surface area contributed by atoms with Crippen molar-refractivity contribution in [2.45, 2.75) is 12.8 Å². The summed E-state index contributed by atoms with van der Waals surface area (Å²) in [5, 5.41) is 0. The Morgan fingerprint density at radius 2 is 1.87 bits per heavy atom. The largest absolute Gasteiger partial charge is 0.336 e. The van der Waals surface area contributed by atoms with Crippen molar-refractivity contribution in [2.24, 2.45) is 7.05 Å². The number of imidazole rings is 1. The van der Waals surface area contributed by atoms with Crippen molar-refractivity contribution in [3.05, 3.63) is 67.2 Å². The van der Waals surface area contributed by atoms with Crippen LogP contribution >= 0.6 is 15.9 Å². The van der Waals surface area contributed by atoms with E-state index in [1.54, 1.807) is 31.2 Å². The number of aryl methyl sites for hydroxylation is 1. The molecule has 0 aliphatic rings. The highest BCUT2D eigenvalue weighted by molar-refractivity contribution is 9.10. The maximum atomic E-state index is 12.6. The van der Waals surface area contributed by atoms with E-state index in [2.05, 4.69) is 25.9 Å². The van der Waals surface area contributed by atoms with Crippen LogP contribution in [0.1, 0.15) is 28.9 Å².